The van der Waals surface area contributed by atoms with Gasteiger partial charge in [0.2, 0.25) is 9.84 Å². The molecule has 2 aromatic carbocycles. The fraction of sp³-hybridized carbons (Fsp3) is 0.0714. The number of aryl methyl sites for hydroxylation is 1. The maximum atomic E-state index is 12.5. The van der Waals surface area contributed by atoms with E-state index in [2.05, 4.69) is 10.2 Å². The number of aromatic amines is 1. The number of nitrogens with zero attached hydrogens (tertiary/aromatic N) is 1. The molecule has 0 saturated heterocycles. The molecule has 0 aliphatic carbocycles. The molecule has 4 nitrogen and oxygen atoms in total. The van der Waals surface area contributed by atoms with E-state index in [0.717, 1.165) is 5.56 Å². The van der Waals surface area contributed by atoms with E-state index in [0.29, 0.717) is 10.9 Å². The first-order chi connectivity index (χ1) is 9.09. The summed E-state index contributed by atoms with van der Waals surface area (Å²) >= 11 is 0. The average Bonchev–Trinajstić information content (AvgIpc) is 2.83. The predicted octanol–water partition coefficient (Wildman–Crippen LogP) is 2.70. The van der Waals surface area contributed by atoms with Crippen LogP contribution < -0.4 is 0 Å². The van der Waals surface area contributed by atoms with Gasteiger partial charge in [-0.1, -0.05) is 29.8 Å². The Bertz CT molecular complexity index is 833. The molecule has 19 heavy (non-hydrogen) atoms. The number of hydrogen-bond acceptors (Lipinski definition) is 3. The van der Waals surface area contributed by atoms with E-state index < -0.39 is 9.84 Å². The highest BCUT2D eigenvalue weighted by molar-refractivity contribution is 7.91. The zero-order chi connectivity index (χ0) is 13.5. The highest BCUT2D eigenvalue weighted by Gasteiger charge is 2.22. The van der Waals surface area contributed by atoms with Gasteiger partial charge in [0.1, 0.15) is 0 Å². The summed E-state index contributed by atoms with van der Waals surface area (Å²) in [5.74, 6) is 0. The van der Waals surface area contributed by atoms with Crippen LogP contribution in [0.5, 0.6) is 0 Å². The summed E-state index contributed by atoms with van der Waals surface area (Å²) in [6.07, 6.45) is 0. The van der Waals surface area contributed by atoms with Crippen LogP contribution in [0.25, 0.3) is 10.9 Å². The molecule has 0 radical (unpaired) electrons. The molecule has 5 heteroatoms. The van der Waals surface area contributed by atoms with Crippen LogP contribution >= 0.6 is 0 Å². The van der Waals surface area contributed by atoms with Gasteiger partial charge < -0.3 is 0 Å². The lowest BCUT2D eigenvalue weighted by molar-refractivity contribution is 0.593. The van der Waals surface area contributed by atoms with Crippen LogP contribution in [0.3, 0.4) is 0 Å². The zero-order valence-corrected chi connectivity index (χ0v) is 11.1. The summed E-state index contributed by atoms with van der Waals surface area (Å²) < 4.78 is 25.1. The minimum absolute atomic E-state index is 0.145. The Morgan fingerprint density at radius 3 is 2.42 bits per heavy atom. The number of fused-ring (bicyclic) bond motifs is 1. The van der Waals surface area contributed by atoms with Crippen LogP contribution in [-0.2, 0) is 9.84 Å². The Morgan fingerprint density at radius 2 is 1.68 bits per heavy atom. The van der Waals surface area contributed by atoms with Crippen molar-refractivity contribution in [2.75, 3.05) is 0 Å². The standard InChI is InChI=1S/C14H12N2O2S/c1-10-6-8-11(9-7-10)19(17,18)14-12-4-2-3-5-13(12)15-16-14/h2-9H,1H3,(H,15,16). The van der Waals surface area contributed by atoms with Crippen LogP contribution in [-0.4, -0.2) is 18.6 Å². The van der Waals surface area contributed by atoms with Gasteiger partial charge in [0.25, 0.3) is 0 Å². The Balaban J connectivity index is 2.22. The van der Waals surface area contributed by atoms with Gasteiger partial charge in [-0.25, -0.2) is 8.42 Å². The Labute approximate surface area is 111 Å². The summed E-state index contributed by atoms with van der Waals surface area (Å²) in [6, 6.07) is 13.9. The van der Waals surface area contributed by atoms with Crippen molar-refractivity contribution in [3.05, 3.63) is 54.1 Å². The van der Waals surface area contributed by atoms with Gasteiger partial charge in [0, 0.05) is 5.39 Å². The second kappa shape index (κ2) is 4.20. The van der Waals surface area contributed by atoms with E-state index in [9.17, 15) is 8.42 Å². The number of sulfone groups is 1. The van der Waals surface area contributed by atoms with E-state index in [1.54, 1.807) is 42.5 Å². The Morgan fingerprint density at radius 1 is 1.00 bits per heavy atom. The molecule has 0 unspecified atom stereocenters. The van der Waals surface area contributed by atoms with E-state index >= 15 is 0 Å². The third-order valence-corrected chi connectivity index (χ3v) is 4.77. The van der Waals surface area contributed by atoms with E-state index in [1.807, 2.05) is 13.0 Å². The molecule has 3 rings (SSSR count). The van der Waals surface area contributed by atoms with Gasteiger partial charge in [-0.15, -0.1) is 0 Å². The van der Waals surface area contributed by atoms with Crippen molar-refractivity contribution in [2.45, 2.75) is 16.8 Å². The average molecular weight is 272 g/mol. The highest BCUT2D eigenvalue weighted by Crippen LogP contribution is 2.25. The molecule has 3 aromatic rings. The fourth-order valence-corrected chi connectivity index (χ4v) is 3.33. The zero-order valence-electron chi connectivity index (χ0n) is 10.3. The SMILES string of the molecule is Cc1ccc(S(=O)(=O)c2[nH]nc3ccccc23)cc1. The van der Waals surface area contributed by atoms with E-state index in [1.165, 1.54) is 0 Å². The lowest BCUT2D eigenvalue weighted by atomic mass is 10.2. The molecular formula is C14H12N2O2S. The lowest BCUT2D eigenvalue weighted by Gasteiger charge is -2.03. The summed E-state index contributed by atoms with van der Waals surface area (Å²) in [5.41, 5.74) is 1.67. The van der Waals surface area contributed by atoms with Crippen molar-refractivity contribution in [1.82, 2.24) is 10.2 Å². The van der Waals surface area contributed by atoms with E-state index in [4.69, 9.17) is 0 Å². The largest absolute Gasteiger partial charge is 0.266 e. The first-order valence-corrected chi connectivity index (χ1v) is 7.32. The maximum Gasteiger partial charge on any atom is 0.223 e. The first kappa shape index (κ1) is 11.9. The topological polar surface area (TPSA) is 62.8 Å². The second-order valence-electron chi connectivity index (χ2n) is 4.39. The van der Waals surface area contributed by atoms with Gasteiger partial charge in [-0.2, -0.15) is 5.10 Å². The third-order valence-electron chi connectivity index (χ3n) is 3.03. The van der Waals surface area contributed by atoms with Gasteiger partial charge in [0.05, 0.1) is 10.4 Å². The molecule has 1 heterocycles. The van der Waals surface area contributed by atoms with Crippen LogP contribution in [0.4, 0.5) is 0 Å². The molecular weight excluding hydrogens is 260 g/mol. The number of aromatic nitrogens is 2. The van der Waals surface area contributed by atoms with Crippen LogP contribution in [0, 0.1) is 6.92 Å². The lowest BCUT2D eigenvalue weighted by Crippen LogP contribution is -2.03. The van der Waals surface area contributed by atoms with Crippen molar-refractivity contribution >= 4 is 20.7 Å². The molecule has 0 aliphatic heterocycles. The molecule has 0 bridgehead atoms. The summed E-state index contributed by atoms with van der Waals surface area (Å²) in [6.45, 7) is 1.92. The molecule has 96 valence electrons. The van der Waals surface area contributed by atoms with Crippen molar-refractivity contribution in [3.8, 4) is 0 Å². The monoisotopic (exact) mass is 272 g/mol. The first-order valence-electron chi connectivity index (χ1n) is 5.84. The number of benzene rings is 2. The van der Waals surface area contributed by atoms with Gasteiger partial charge in [0.15, 0.2) is 5.03 Å². The second-order valence-corrected chi connectivity index (χ2v) is 6.27. The number of nitrogens with one attached hydrogen (secondary N) is 1. The quantitative estimate of drug-likeness (QED) is 0.780. The van der Waals surface area contributed by atoms with Crippen molar-refractivity contribution < 1.29 is 8.42 Å². The third kappa shape index (κ3) is 1.92. The Hall–Kier alpha value is -2.14. The van der Waals surface area contributed by atoms with Crippen molar-refractivity contribution in [1.29, 1.82) is 0 Å². The number of hydrogen-bond donors (Lipinski definition) is 1. The minimum Gasteiger partial charge on any atom is -0.266 e. The number of H-pyrrole nitrogens is 1. The Kier molecular flexibility index (Phi) is 2.64. The van der Waals surface area contributed by atoms with Gasteiger partial charge in [-0.3, -0.25) is 5.10 Å². The summed E-state index contributed by atoms with van der Waals surface area (Å²) in [4.78, 5) is 0.271. The smallest absolute Gasteiger partial charge is 0.223 e. The van der Waals surface area contributed by atoms with E-state index in [-0.39, 0.29) is 9.92 Å². The van der Waals surface area contributed by atoms with Crippen molar-refractivity contribution in [2.24, 2.45) is 0 Å². The molecule has 1 N–H and O–H groups in total. The number of para-hydroxylation sites is 1. The van der Waals surface area contributed by atoms with Crippen LogP contribution in [0.2, 0.25) is 0 Å². The molecule has 0 saturated carbocycles. The van der Waals surface area contributed by atoms with Crippen LogP contribution in [0.1, 0.15) is 5.56 Å². The molecule has 1 aromatic heterocycles. The molecule has 0 amide bonds. The van der Waals surface area contributed by atoms with Crippen LogP contribution in [0.15, 0.2) is 58.5 Å². The molecule has 0 aliphatic rings. The molecule has 0 spiro atoms. The minimum atomic E-state index is -3.56. The summed E-state index contributed by atoms with van der Waals surface area (Å²) in [7, 11) is -3.56. The van der Waals surface area contributed by atoms with Crippen molar-refractivity contribution in [3.63, 3.8) is 0 Å². The molecule has 0 atom stereocenters. The normalized spacial score (nSPS) is 11.8. The molecule has 0 fully saturated rings. The number of rotatable bonds is 2. The van der Waals surface area contributed by atoms with Gasteiger partial charge in [-0.05, 0) is 31.2 Å². The fourth-order valence-electron chi connectivity index (χ4n) is 1.97. The highest BCUT2D eigenvalue weighted by atomic mass is 32.2. The maximum absolute atomic E-state index is 12.5. The summed E-state index contributed by atoms with van der Waals surface area (Å²) in [5, 5.41) is 7.41. The predicted molar refractivity (Wildman–Crippen MR) is 72.7 cm³/mol. The van der Waals surface area contributed by atoms with Gasteiger partial charge >= 0.3 is 0 Å².